The van der Waals surface area contributed by atoms with E-state index in [1.807, 2.05) is 23.1 Å². The molecule has 1 N–H and O–H groups in total. The smallest absolute Gasteiger partial charge is 0.243 e. The summed E-state index contributed by atoms with van der Waals surface area (Å²) >= 11 is 1.78. The summed E-state index contributed by atoms with van der Waals surface area (Å²) < 4.78 is 0. The molecule has 5 heteroatoms. The van der Waals surface area contributed by atoms with E-state index in [4.69, 9.17) is 0 Å². The summed E-state index contributed by atoms with van der Waals surface area (Å²) in [5.74, 6) is 1.57. The van der Waals surface area contributed by atoms with Crippen molar-refractivity contribution in [2.24, 2.45) is 11.8 Å². The van der Waals surface area contributed by atoms with E-state index in [9.17, 15) is 9.59 Å². The maximum absolute atomic E-state index is 13.3. The summed E-state index contributed by atoms with van der Waals surface area (Å²) in [6, 6.07) is 9.88. The molecule has 28 heavy (non-hydrogen) atoms. The molecule has 3 rings (SSSR count). The van der Waals surface area contributed by atoms with Crippen molar-refractivity contribution in [1.82, 2.24) is 10.2 Å². The lowest BCUT2D eigenvalue weighted by Crippen LogP contribution is -2.52. The molecule has 1 aromatic carbocycles. The van der Waals surface area contributed by atoms with Crippen molar-refractivity contribution in [1.29, 1.82) is 0 Å². The van der Waals surface area contributed by atoms with Gasteiger partial charge in [0.2, 0.25) is 11.8 Å². The third-order valence-electron chi connectivity index (χ3n) is 5.83. The van der Waals surface area contributed by atoms with Crippen molar-refractivity contribution in [3.05, 3.63) is 35.9 Å². The minimum atomic E-state index is -0.320. The van der Waals surface area contributed by atoms with Gasteiger partial charge in [-0.25, -0.2) is 0 Å². The van der Waals surface area contributed by atoms with Crippen molar-refractivity contribution in [2.45, 2.75) is 70.2 Å². The minimum absolute atomic E-state index is 0.0128. The summed E-state index contributed by atoms with van der Waals surface area (Å²) in [6.07, 6.45) is 7.25. The van der Waals surface area contributed by atoms with Gasteiger partial charge in [-0.05, 0) is 37.2 Å². The molecule has 2 fully saturated rings. The van der Waals surface area contributed by atoms with E-state index < -0.39 is 0 Å². The Bertz CT molecular complexity index is 643. The summed E-state index contributed by atoms with van der Waals surface area (Å²) in [4.78, 5) is 28.2. The topological polar surface area (TPSA) is 49.4 Å². The Hall–Kier alpha value is -1.49. The number of carbonyl (C=O) groups excluding carboxylic acids is 2. The molecule has 2 unspecified atom stereocenters. The number of hydrogen-bond acceptors (Lipinski definition) is 3. The lowest BCUT2D eigenvalue weighted by atomic mass is 9.87. The first kappa shape index (κ1) is 21.2. The fraction of sp³-hybridized carbons (Fsp3) is 0.652. The maximum Gasteiger partial charge on any atom is 0.243 e. The van der Waals surface area contributed by atoms with Gasteiger partial charge in [-0.15, -0.1) is 11.8 Å². The molecule has 1 aromatic rings. The Morgan fingerprint density at radius 3 is 2.54 bits per heavy atom. The van der Waals surface area contributed by atoms with Crippen molar-refractivity contribution in [2.75, 3.05) is 12.3 Å². The molecule has 2 amide bonds. The van der Waals surface area contributed by atoms with Crippen LogP contribution in [0, 0.1) is 11.8 Å². The molecule has 1 saturated heterocycles. The molecule has 0 spiro atoms. The van der Waals surface area contributed by atoms with E-state index in [1.165, 1.54) is 12.0 Å². The van der Waals surface area contributed by atoms with Crippen molar-refractivity contribution >= 4 is 23.6 Å². The molecule has 2 atom stereocenters. The Morgan fingerprint density at radius 2 is 1.86 bits per heavy atom. The predicted molar refractivity (Wildman–Crippen MR) is 116 cm³/mol. The van der Waals surface area contributed by atoms with Crippen LogP contribution >= 0.6 is 11.8 Å². The molecule has 2 aliphatic rings. The highest BCUT2D eigenvalue weighted by molar-refractivity contribution is 8.00. The average molecular weight is 403 g/mol. The van der Waals surface area contributed by atoms with E-state index in [-0.39, 0.29) is 29.1 Å². The Morgan fingerprint density at radius 1 is 1.14 bits per heavy atom. The van der Waals surface area contributed by atoms with Crippen LogP contribution in [0.5, 0.6) is 0 Å². The fourth-order valence-corrected chi connectivity index (χ4v) is 5.95. The first-order valence-electron chi connectivity index (χ1n) is 10.8. The highest BCUT2D eigenvalue weighted by Gasteiger charge is 2.43. The van der Waals surface area contributed by atoms with Gasteiger partial charge in [0.25, 0.3) is 0 Å². The van der Waals surface area contributed by atoms with Gasteiger partial charge >= 0.3 is 0 Å². The number of benzene rings is 1. The van der Waals surface area contributed by atoms with E-state index >= 15 is 0 Å². The van der Waals surface area contributed by atoms with Gasteiger partial charge in [-0.2, -0.15) is 0 Å². The third kappa shape index (κ3) is 5.53. The SMILES string of the molecule is CC(C)CC1SCC(C(=O)NCCc2ccccc2)N1C(=O)C1CCCCC1. The number of carbonyl (C=O) groups is 2. The van der Waals surface area contributed by atoms with Crippen LogP contribution < -0.4 is 5.32 Å². The minimum Gasteiger partial charge on any atom is -0.354 e. The largest absolute Gasteiger partial charge is 0.354 e. The molecular weight excluding hydrogens is 368 g/mol. The van der Waals surface area contributed by atoms with Gasteiger partial charge in [-0.3, -0.25) is 9.59 Å². The monoisotopic (exact) mass is 402 g/mol. The highest BCUT2D eigenvalue weighted by atomic mass is 32.2. The van der Waals surface area contributed by atoms with E-state index in [2.05, 4.69) is 31.3 Å². The molecule has 1 aliphatic heterocycles. The van der Waals surface area contributed by atoms with Gasteiger partial charge < -0.3 is 10.2 Å². The standard InChI is InChI=1S/C23H34N2O2S/c1-17(2)15-21-25(23(27)19-11-7-4-8-12-19)20(16-28-21)22(26)24-14-13-18-9-5-3-6-10-18/h3,5-6,9-10,17,19-21H,4,7-8,11-16H2,1-2H3,(H,24,26). The van der Waals surface area contributed by atoms with Crippen molar-refractivity contribution in [3.8, 4) is 0 Å². The van der Waals surface area contributed by atoms with Gasteiger partial charge in [-0.1, -0.05) is 63.4 Å². The number of rotatable bonds is 7. The first-order valence-corrected chi connectivity index (χ1v) is 11.9. The quantitative estimate of drug-likeness (QED) is 0.742. The number of thioether (sulfide) groups is 1. The Kier molecular flexibility index (Phi) is 7.83. The van der Waals surface area contributed by atoms with Gasteiger partial charge in [0, 0.05) is 18.2 Å². The fourth-order valence-electron chi connectivity index (χ4n) is 4.30. The molecule has 4 nitrogen and oxygen atoms in total. The van der Waals surface area contributed by atoms with E-state index in [0.29, 0.717) is 18.2 Å². The summed E-state index contributed by atoms with van der Waals surface area (Å²) in [6.45, 7) is 5.00. The van der Waals surface area contributed by atoms with Crippen molar-refractivity contribution < 1.29 is 9.59 Å². The lowest BCUT2D eigenvalue weighted by molar-refractivity contribution is -0.144. The summed E-state index contributed by atoms with van der Waals surface area (Å²) in [5, 5.41) is 3.23. The van der Waals surface area contributed by atoms with Crippen LogP contribution in [-0.4, -0.2) is 40.4 Å². The van der Waals surface area contributed by atoms with E-state index in [1.54, 1.807) is 11.8 Å². The van der Waals surface area contributed by atoms with Crippen LogP contribution in [0.2, 0.25) is 0 Å². The highest BCUT2D eigenvalue weighted by Crippen LogP contribution is 2.37. The number of amides is 2. The lowest BCUT2D eigenvalue weighted by Gasteiger charge is -2.34. The molecule has 1 saturated carbocycles. The zero-order valence-electron chi connectivity index (χ0n) is 17.2. The predicted octanol–water partition coefficient (Wildman–Crippen LogP) is 4.24. The third-order valence-corrected chi connectivity index (χ3v) is 7.15. The average Bonchev–Trinajstić information content (AvgIpc) is 3.11. The zero-order chi connectivity index (χ0) is 19.9. The number of hydrogen-bond donors (Lipinski definition) is 1. The van der Waals surface area contributed by atoms with Crippen LogP contribution in [0.15, 0.2) is 30.3 Å². The normalized spacial score (nSPS) is 23.2. The zero-order valence-corrected chi connectivity index (χ0v) is 18.0. The summed E-state index contributed by atoms with van der Waals surface area (Å²) in [7, 11) is 0. The van der Waals surface area contributed by atoms with Crippen molar-refractivity contribution in [3.63, 3.8) is 0 Å². The second-order valence-corrected chi connectivity index (χ2v) is 9.75. The van der Waals surface area contributed by atoms with Gasteiger partial charge in [0.1, 0.15) is 6.04 Å². The van der Waals surface area contributed by atoms with Gasteiger partial charge in [0.05, 0.1) is 5.37 Å². The van der Waals surface area contributed by atoms with Gasteiger partial charge in [0.15, 0.2) is 0 Å². The summed E-state index contributed by atoms with van der Waals surface area (Å²) in [5.41, 5.74) is 1.22. The second-order valence-electron chi connectivity index (χ2n) is 8.54. The van der Waals surface area contributed by atoms with Crippen LogP contribution in [0.1, 0.15) is 57.9 Å². The molecule has 154 valence electrons. The molecular formula is C23H34N2O2S. The second kappa shape index (κ2) is 10.3. The first-order chi connectivity index (χ1) is 13.6. The molecule has 0 bridgehead atoms. The van der Waals surface area contributed by atoms with Crippen LogP contribution in [0.3, 0.4) is 0 Å². The number of nitrogens with one attached hydrogen (secondary N) is 1. The Labute approximate surface area is 173 Å². The van der Waals surface area contributed by atoms with Crippen LogP contribution in [-0.2, 0) is 16.0 Å². The van der Waals surface area contributed by atoms with E-state index in [0.717, 1.165) is 38.5 Å². The maximum atomic E-state index is 13.3. The molecule has 0 aromatic heterocycles. The molecule has 1 aliphatic carbocycles. The molecule has 1 heterocycles. The molecule has 0 radical (unpaired) electrons. The number of nitrogens with zero attached hydrogens (tertiary/aromatic N) is 1. The van der Waals surface area contributed by atoms with Crippen LogP contribution in [0.4, 0.5) is 0 Å². The Balaban J connectivity index is 1.63. The van der Waals surface area contributed by atoms with Crippen LogP contribution in [0.25, 0.3) is 0 Å².